The van der Waals surface area contributed by atoms with Crippen LogP contribution in [0.1, 0.15) is 11.1 Å². The van der Waals surface area contributed by atoms with Crippen LogP contribution in [-0.2, 0) is 12.1 Å². The SMILES string of the molecule is O=C(Nc1ccccc1)N1CCN(CC(O)(c2cn(Cc3ccccc3)c3cc([N+](=O)[O-])ccc23)C(F)(F)F)CC1. The summed E-state index contributed by atoms with van der Waals surface area (Å²) < 4.78 is 45.6. The molecule has 0 aliphatic carbocycles. The van der Waals surface area contributed by atoms with Crippen molar-refractivity contribution in [2.45, 2.75) is 18.3 Å². The van der Waals surface area contributed by atoms with Gasteiger partial charge in [-0.05, 0) is 23.8 Å². The summed E-state index contributed by atoms with van der Waals surface area (Å²) in [6.07, 6.45) is -3.82. The van der Waals surface area contributed by atoms with Gasteiger partial charge in [-0.2, -0.15) is 13.2 Å². The average molecular weight is 568 g/mol. The third-order valence-electron chi connectivity index (χ3n) is 7.32. The molecule has 1 saturated heterocycles. The highest BCUT2D eigenvalue weighted by Gasteiger charge is 2.57. The standard InChI is InChI=1S/C29H28F3N5O4/c30-29(31,32)28(39,20-34-13-15-35(16-14-34)27(38)33-22-9-5-2-6-10-22)25-19-36(18-21-7-3-1-4-8-21)26-17-23(37(40)41)11-12-24(25)26/h1-12,17,19,39H,13-16,18,20H2,(H,33,38). The Morgan fingerprint density at radius 1 is 0.951 bits per heavy atom. The number of nitrogens with one attached hydrogen (secondary N) is 1. The van der Waals surface area contributed by atoms with E-state index in [-0.39, 0.29) is 60.9 Å². The van der Waals surface area contributed by atoms with E-state index < -0.39 is 23.2 Å². The van der Waals surface area contributed by atoms with Crippen LogP contribution < -0.4 is 5.32 Å². The van der Waals surface area contributed by atoms with Crippen molar-refractivity contribution in [3.05, 3.63) is 106 Å². The Labute approximate surface area is 233 Å². The first-order valence-corrected chi connectivity index (χ1v) is 13.0. The molecule has 5 rings (SSSR count). The molecule has 2 amide bonds. The summed E-state index contributed by atoms with van der Waals surface area (Å²) in [6, 6.07) is 21.1. The summed E-state index contributed by atoms with van der Waals surface area (Å²) in [5.41, 5.74) is -2.31. The largest absolute Gasteiger partial charge is 0.422 e. The van der Waals surface area contributed by atoms with Gasteiger partial charge >= 0.3 is 12.2 Å². The first-order valence-electron chi connectivity index (χ1n) is 13.0. The zero-order chi connectivity index (χ0) is 29.2. The molecule has 1 aliphatic rings. The number of amides is 2. The highest BCUT2D eigenvalue weighted by molar-refractivity contribution is 5.89. The number of benzene rings is 3. The number of aliphatic hydroxyl groups is 1. The van der Waals surface area contributed by atoms with Crippen LogP contribution in [0.4, 0.5) is 29.3 Å². The zero-order valence-electron chi connectivity index (χ0n) is 21.9. The number of nitrogens with zero attached hydrogens (tertiary/aromatic N) is 4. The van der Waals surface area contributed by atoms with Gasteiger partial charge in [0.15, 0.2) is 0 Å². The van der Waals surface area contributed by atoms with E-state index in [1.54, 1.807) is 54.6 Å². The predicted octanol–water partition coefficient (Wildman–Crippen LogP) is 5.20. The fourth-order valence-electron chi connectivity index (χ4n) is 5.12. The molecule has 3 aromatic carbocycles. The van der Waals surface area contributed by atoms with E-state index >= 15 is 0 Å². The molecule has 214 valence electrons. The molecule has 0 bridgehead atoms. The lowest BCUT2D eigenvalue weighted by Gasteiger charge is -2.40. The van der Waals surface area contributed by atoms with Crippen LogP contribution in [-0.4, -0.2) is 69.3 Å². The minimum absolute atomic E-state index is 0.0761. The molecule has 41 heavy (non-hydrogen) atoms. The normalized spacial score (nSPS) is 16.0. The second-order valence-electron chi connectivity index (χ2n) is 10.0. The Hall–Kier alpha value is -4.42. The van der Waals surface area contributed by atoms with Gasteiger partial charge in [0.05, 0.1) is 10.4 Å². The lowest BCUT2D eigenvalue weighted by molar-refractivity contribution is -0.384. The third-order valence-corrected chi connectivity index (χ3v) is 7.32. The van der Waals surface area contributed by atoms with Crippen LogP contribution in [0, 0.1) is 10.1 Å². The van der Waals surface area contributed by atoms with Crippen molar-refractivity contribution >= 4 is 28.3 Å². The summed E-state index contributed by atoms with van der Waals surface area (Å²) in [5.74, 6) is 0. The zero-order valence-corrected chi connectivity index (χ0v) is 21.9. The van der Waals surface area contributed by atoms with Gasteiger partial charge in [-0.1, -0.05) is 48.5 Å². The maximum atomic E-state index is 14.7. The second kappa shape index (κ2) is 11.2. The average Bonchev–Trinajstić information content (AvgIpc) is 3.32. The number of urea groups is 1. The van der Waals surface area contributed by atoms with Crippen molar-refractivity contribution in [1.29, 1.82) is 0 Å². The summed E-state index contributed by atoms with van der Waals surface area (Å²) >= 11 is 0. The van der Waals surface area contributed by atoms with Crippen molar-refractivity contribution in [2.24, 2.45) is 0 Å². The van der Waals surface area contributed by atoms with Gasteiger partial charge in [0, 0.05) is 74.2 Å². The van der Waals surface area contributed by atoms with Gasteiger partial charge in [-0.3, -0.25) is 15.0 Å². The van der Waals surface area contributed by atoms with Gasteiger partial charge in [0.1, 0.15) is 0 Å². The van der Waals surface area contributed by atoms with E-state index in [9.17, 15) is 33.2 Å². The van der Waals surface area contributed by atoms with Crippen molar-refractivity contribution in [2.75, 3.05) is 38.0 Å². The molecule has 1 aliphatic heterocycles. The Bertz CT molecular complexity index is 1540. The van der Waals surface area contributed by atoms with Gasteiger partial charge in [-0.25, -0.2) is 4.79 Å². The maximum Gasteiger partial charge on any atom is 0.422 e. The monoisotopic (exact) mass is 567 g/mol. The lowest BCUT2D eigenvalue weighted by Crippen LogP contribution is -2.56. The Morgan fingerprint density at radius 3 is 2.20 bits per heavy atom. The molecule has 1 fully saturated rings. The number of hydrogen-bond donors (Lipinski definition) is 2. The summed E-state index contributed by atoms with van der Waals surface area (Å²) in [7, 11) is 0. The summed E-state index contributed by atoms with van der Waals surface area (Å²) in [6.45, 7) is -0.0136. The molecule has 0 spiro atoms. The van der Waals surface area contributed by atoms with Crippen LogP contribution in [0.25, 0.3) is 10.9 Å². The Kier molecular flexibility index (Phi) is 7.70. The van der Waals surface area contributed by atoms with E-state index in [4.69, 9.17) is 0 Å². The number of β-amino-alcohol motifs (C(OH)–C–C–N with tert-alkyl or cyclic N) is 1. The molecule has 2 heterocycles. The van der Waals surface area contributed by atoms with Crippen LogP contribution >= 0.6 is 0 Å². The fraction of sp³-hybridized carbons (Fsp3) is 0.276. The number of alkyl halides is 3. The molecule has 0 saturated carbocycles. The van der Waals surface area contributed by atoms with Crippen molar-refractivity contribution in [3.63, 3.8) is 0 Å². The van der Waals surface area contributed by atoms with Crippen LogP contribution in [0.2, 0.25) is 0 Å². The number of para-hydroxylation sites is 1. The van der Waals surface area contributed by atoms with E-state index in [0.717, 1.165) is 11.6 Å². The first-order chi connectivity index (χ1) is 19.5. The molecular formula is C29H28F3N5O4. The maximum absolute atomic E-state index is 14.7. The number of aromatic nitrogens is 1. The number of nitro benzene ring substituents is 1. The van der Waals surface area contributed by atoms with Crippen LogP contribution in [0.5, 0.6) is 0 Å². The van der Waals surface area contributed by atoms with Crippen molar-refractivity contribution in [1.82, 2.24) is 14.4 Å². The smallest absolute Gasteiger partial charge is 0.375 e. The number of carbonyl (C=O) groups is 1. The van der Waals surface area contributed by atoms with Gasteiger partial charge < -0.3 is 19.9 Å². The van der Waals surface area contributed by atoms with Gasteiger partial charge in [0.25, 0.3) is 5.69 Å². The van der Waals surface area contributed by atoms with Crippen LogP contribution in [0.15, 0.2) is 85.1 Å². The highest BCUT2D eigenvalue weighted by Crippen LogP contribution is 2.44. The van der Waals surface area contributed by atoms with Gasteiger partial charge in [-0.15, -0.1) is 0 Å². The first kappa shape index (κ1) is 28.1. The number of carbonyl (C=O) groups excluding carboxylic acids is 1. The molecule has 12 heteroatoms. The van der Waals surface area contributed by atoms with Crippen molar-refractivity contribution < 1.29 is 28.0 Å². The number of non-ortho nitro benzene ring substituents is 1. The number of nitro groups is 1. The minimum atomic E-state index is -5.05. The number of hydrogen-bond acceptors (Lipinski definition) is 5. The van der Waals surface area contributed by atoms with E-state index in [1.165, 1.54) is 32.7 Å². The summed E-state index contributed by atoms with van der Waals surface area (Å²) in [4.78, 5) is 26.5. The molecule has 9 nitrogen and oxygen atoms in total. The molecule has 4 aromatic rings. The molecular weight excluding hydrogens is 539 g/mol. The number of fused-ring (bicyclic) bond motifs is 1. The molecule has 1 atom stereocenters. The highest BCUT2D eigenvalue weighted by atomic mass is 19.4. The van der Waals surface area contributed by atoms with E-state index in [0.29, 0.717) is 5.69 Å². The molecule has 0 radical (unpaired) electrons. The topological polar surface area (TPSA) is 104 Å². The quantitative estimate of drug-likeness (QED) is 0.236. The molecule has 1 unspecified atom stereocenters. The third kappa shape index (κ3) is 5.88. The van der Waals surface area contributed by atoms with E-state index in [2.05, 4.69) is 5.32 Å². The Morgan fingerprint density at radius 2 is 1.59 bits per heavy atom. The lowest BCUT2D eigenvalue weighted by atomic mass is 9.91. The predicted molar refractivity (Wildman–Crippen MR) is 148 cm³/mol. The Balaban J connectivity index is 1.42. The number of rotatable bonds is 7. The molecule has 2 N–H and O–H groups in total. The minimum Gasteiger partial charge on any atom is -0.375 e. The van der Waals surface area contributed by atoms with Gasteiger partial charge in [0.2, 0.25) is 5.60 Å². The van der Waals surface area contributed by atoms with Crippen LogP contribution in [0.3, 0.4) is 0 Å². The summed E-state index contributed by atoms with van der Waals surface area (Å²) in [5, 5.41) is 25.7. The molecule has 1 aromatic heterocycles. The number of anilines is 1. The number of halogens is 3. The second-order valence-corrected chi connectivity index (χ2v) is 10.0. The fourth-order valence-corrected chi connectivity index (χ4v) is 5.12. The van der Waals surface area contributed by atoms with E-state index in [1.807, 2.05) is 6.07 Å². The van der Waals surface area contributed by atoms with Crippen molar-refractivity contribution in [3.8, 4) is 0 Å². The number of piperazine rings is 1.